The second-order valence-electron chi connectivity index (χ2n) is 3.95. The Labute approximate surface area is 124 Å². The summed E-state index contributed by atoms with van der Waals surface area (Å²) < 4.78 is 5.05. The highest BCUT2D eigenvalue weighted by Crippen LogP contribution is 2.01. The fourth-order valence-corrected chi connectivity index (χ4v) is 1.34. The zero-order valence-electron chi connectivity index (χ0n) is 11.5. The summed E-state index contributed by atoms with van der Waals surface area (Å²) in [5.74, 6) is 20.3. The molecule has 0 atom stereocenters. The quantitative estimate of drug-likeness (QED) is 0.680. The number of unbranched alkanes of at least 4 members (excludes halogenated alkanes) is 4. The van der Waals surface area contributed by atoms with E-state index in [4.69, 9.17) is 9.52 Å². The normalized spacial score (nSPS) is 7.81. The first kappa shape index (κ1) is 16.0. The molecule has 0 unspecified atom stereocenters. The minimum absolute atomic E-state index is 0.619. The van der Waals surface area contributed by atoms with Gasteiger partial charge in [0.1, 0.15) is 0 Å². The minimum Gasteiger partial charge on any atom is -0.472 e. The van der Waals surface area contributed by atoms with Crippen LogP contribution in [0.25, 0.3) is 0 Å². The molecule has 104 valence electrons. The highest BCUT2D eigenvalue weighted by Gasteiger charge is 1.86. The molecule has 3 nitrogen and oxygen atoms in total. The Bertz CT molecular complexity index is 681. The molecule has 1 N–H and O–H groups in total. The van der Waals surface area contributed by atoms with Crippen molar-refractivity contribution >= 4 is 5.97 Å². The van der Waals surface area contributed by atoms with Crippen molar-refractivity contribution in [2.45, 2.75) is 32.1 Å². The first-order valence-electron chi connectivity index (χ1n) is 6.53. The van der Waals surface area contributed by atoms with Gasteiger partial charge < -0.3 is 9.52 Å². The van der Waals surface area contributed by atoms with Gasteiger partial charge in [-0.25, -0.2) is 4.79 Å². The molecule has 0 spiro atoms. The van der Waals surface area contributed by atoms with E-state index in [1.54, 1.807) is 18.4 Å². The predicted octanol–water partition coefficient (Wildman–Crippen LogP) is 2.68. The van der Waals surface area contributed by atoms with E-state index in [1.165, 1.54) is 0 Å². The standard InChI is InChI=1S/C18H14O3/c19-18(20)15-11-9-7-5-3-1-2-4-6-8-10-13-17-14-12-16-21-17/h12,14,16H,1-5H2,(H,19,20). The smallest absolute Gasteiger partial charge is 0.382 e. The Kier molecular flexibility index (Phi) is 8.31. The molecule has 0 saturated carbocycles. The van der Waals surface area contributed by atoms with Crippen LogP contribution in [-0.2, 0) is 4.79 Å². The zero-order chi connectivity index (χ0) is 15.2. The largest absolute Gasteiger partial charge is 0.472 e. The van der Waals surface area contributed by atoms with E-state index in [-0.39, 0.29) is 0 Å². The topological polar surface area (TPSA) is 50.4 Å². The van der Waals surface area contributed by atoms with E-state index in [9.17, 15) is 4.79 Å². The molecule has 1 aromatic rings. The number of carboxylic acid groups (broad SMARTS) is 1. The molecular formula is C18H14O3. The van der Waals surface area contributed by atoms with Crippen LogP contribution in [0.15, 0.2) is 22.8 Å². The molecule has 0 bridgehead atoms. The Morgan fingerprint density at radius 2 is 1.76 bits per heavy atom. The molecule has 3 heteroatoms. The summed E-state index contributed by atoms with van der Waals surface area (Å²) in [7, 11) is 0. The lowest BCUT2D eigenvalue weighted by molar-refractivity contribution is -0.130. The van der Waals surface area contributed by atoms with Gasteiger partial charge >= 0.3 is 5.97 Å². The van der Waals surface area contributed by atoms with Gasteiger partial charge in [0.2, 0.25) is 0 Å². The van der Waals surface area contributed by atoms with Crippen molar-refractivity contribution < 1.29 is 14.3 Å². The summed E-state index contributed by atoms with van der Waals surface area (Å²) in [4.78, 5) is 10.1. The Morgan fingerprint density at radius 3 is 2.38 bits per heavy atom. The maximum Gasteiger partial charge on any atom is 0.382 e. The number of carboxylic acids is 1. The molecule has 1 heterocycles. The molecule has 0 aromatic carbocycles. The van der Waals surface area contributed by atoms with Crippen molar-refractivity contribution in [3.05, 3.63) is 24.2 Å². The molecule has 0 amide bonds. The van der Waals surface area contributed by atoms with E-state index >= 15 is 0 Å². The van der Waals surface area contributed by atoms with E-state index in [0.29, 0.717) is 5.76 Å². The summed E-state index contributed by atoms with van der Waals surface area (Å²) in [6, 6.07) is 3.57. The van der Waals surface area contributed by atoms with E-state index in [0.717, 1.165) is 32.1 Å². The highest BCUT2D eigenvalue weighted by atomic mass is 16.4. The van der Waals surface area contributed by atoms with Crippen LogP contribution in [-0.4, -0.2) is 11.1 Å². The summed E-state index contributed by atoms with van der Waals surface area (Å²) in [6.45, 7) is 0. The van der Waals surface area contributed by atoms with Crippen molar-refractivity contribution in [1.82, 2.24) is 0 Å². The van der Waals surface area contributed by atoms with Crippen LogP contribution in [0.2, 0.25) is 0 Å². The maximum absolute atomic E-state index is 10.1. The molecule has 0 aliphatic heterocycles. The van der Waals surface area contributed by atoms with Gasteiger partial charge in [-0.1, -0.05) is 18.3 Å². The summed E-state index contributed by atoms with van der Waals surface area (Å²) in [5, 5.41) is 8.26. The molecule has 0 saturated heterocycles. The Balaban J connectivity index is 2.05. The van der Waals surface area contributed by atoms with Gasteiger partial charge in [0.05, 0.1) is 6.26 Å². The molecule has 0 aliphatic carbocycles. The summed E-state index contributed by atoms with van der Waals surface area (Å²) in [6.07, 6.45) is 6.09. The lowest BCUT2D eigenvalue weighted by Gasteiger charge is -1.91. The number of furan rings is 1. The zero-order valence-corrected chi connectivity index (χ0v) is 11.5. The fraction of sp³-hybridized carbons (Fsp3) is 0.278. The SMILES string of the molecule is O=C(O)C#CC#CCCCCCC#CC#Cc1ccco1. The summed E-state index contributed by atoms with van der Waals surface area (Å²) >= 11 is 0. The van der Waals surface area contributed by atoms with Gasteiger partial charge in [0.15, 0.2) is 5.76 Å². The minimum atomic E-state index is -1.15. The van der Waals surface area contributed by atoms with Crippen molar-refractivity contribution in [3.63, 3.8) is 0 Å². The number of aliphatic carboxylic acids is 1. The lowest BCUT2D eigenvalue weighted by atomic mass is 10.1. The van der Waals surface area contributed by atoms with E-state index < -0.39 is 5.97 Å². The first-order chi connectivity index (χ1) is 10.3. The van der Waals surface area contributed by atoms with Gasteiger partial charge in [-0.05, 0) is 54.6 Å². The third-order valence-electron chi connectivity index (χ3n) is 2.28. The first-order valence-corrected chi connectivity index (χ1v) is 6.53. The third kappa shape index (κ3) is 9.55. The molecule has 0 aliphatic rings. The lowest BCUT2D eigenvalue weighted by Crippen LogP contribution is -1.85. The van der Waals surface area contributed by atoms with Crippen molar-refractivity contribution in [2.24, 2.45) is 0 Å². The summed E-state index contributed by atoms with van der Waals surface area (Å²) in [5.41, 5.74) is 0. The van der Waals surface area contributed by atoms with Gasteiger partial charge in [-0.2, -0.15) is 0 Å². The molecule has 1 rings (SSSR count). The van der Waals surface area contributed by atoms with E-state index in [1.807, 2.05) is 5.92 Å². The van der Waals surface area contributed by atoms with Crippen molar-refractivity contribution in [3.8, 4) is 47.4 Å². The molecule has 21 heavy (non-hydrogen) atoms. The average molecular weight is 278 g/mol. The molecule has 0 radical (unpaired) electrons. The number of carbonyl (C=O) groups is 1. The van der Waals surface area contributed by atoms with Gasteiger partial charge in [-0.15, -0.1) is 0 Å². The van der Waals surface area contributed by atoms with Gasteiger partial charge in [0.25, 0.3) is 0 Å². The van der Waals surface area contributed by atoms with Crippen LogP contribution in [0.3, 0.4) is 0 Å². The van der Waals surface area contributed by atoms with Crippen molar-refractivity contribution in [2.75, 3.05) is 0 Å². The van der Waals surface area contributed by atoms with Crippen LogP contribution in [0.1, 0.15) is 37.9 Å². The third-order valence-corrected chi connectivity index (χ3v) is 2.28. The molecule has 0 fully saturated rings. The number of hydrogen-bond acceptors (Lipinski definition) is 2. The van der Waals surface area contributed by atoms with Crippen LogP contribution >= 0.6 is 0 Å². The van der Waals surface area contributed by atoms with Crippen LogP contribution < -0.4 is 0 Å². The predicted molar refractivity (Wildman–Crippen MR) is 79.6 cm³/mol. The van der Waals surface area contributed by atoms with Crippen molar-refractivity contribution in [1.29, 1.82) is 0 Å². The monoisotopic (exact) mass is 278 g/mol. The highest BCUT2D eigenvalue weighted by molar-refractivity contribution is 5.87. The molecule has 1 aromatic heterocycles. The van der Waals surface area contributed by atoms with E-state index in [2.05, 4.69) is 41.4 Å². The number of hydrogen-bond donors (Lipinski definition) is 1. The molecular weight excluding hydrogens is 264 g/mol. The Hall–Kier alpha value is -3.01. The second kappa shape index (κ2) is 10.9. The second-order valence-corrected chi connectivity index (χ2v) is 3.95. The number of rotatable bonds is 4. The maximum atomic E-state index is 10.1. The van der Waals surface area contributed by atoms with Gasteiger partial charge in [-0.3, -0.25) is 0 Å². The van der Waals surface area contributed by atoms with Crippen LogP contribution in [0, 0.1) is 47.4 Å². The van der Waals surface area contributed by atoms with Crippen LogP contribution in [0.4, 0.5) is 0 Å². The Morgan fingerprint density at radius 1 is 1.05 bits per heavy atom. The fourth-order valence-electron chi connectivity index (χ4n) is 1.34. The van der Waals surface area contributed by atoms with Crippen LogP contribution in [0.5, 0.6) is 0 Å². The van der Waals surface area contributed by atoms with Gasteiger partial charge in [0, 0.05) is 18.8 Å². The average Bonchev–Trinajstić information content (AvgIpc) is 2.97.